The third-order valence-corrected chi connectivity index (χ3v) is 7.09. The van der Waals surface area contributed by atoms with Gasteiger partial charge in [0.05, 0.1) is 10.0 Å². The van der Waals surface area contributed by atoms with Crippen LogP contribution >= 0.6 is 23.2 Å². The number of nitrogens with zero attached hydrogens (tertiary/aromatic N) is 2. The van der Waals surface area contributed by atoms with Gasteiger partial charge in [0.25, 0.3) is 5.91 Å². The molecule has 2 aromatic carbocycles. The Labute approximate surface area is 203 Å². The van der Waals surface area contributed by atoms with Crippen LogP contribution in [0.3, 0.4) is 0 Å². The second-order valence-corrected chi connectivity index (χ2v) is 9.50. The predicted octanol–water partition coefficient (Wildman–Crippen LogP) is 3.34. The molecule has 8 heteroatoms. The molecule has 1 N–H and O–H groups in total. The summed E-state index contributed by atoms with van der Waals surface area (Å²) in [7, 11) is 0. The minimum Gasteiger partial charge on any atom is -0.355 e. The molecular formula is C25H27Cl2N3O3. The number of likely N-dealkylation sites (tertiary alicyclic amines) is 2. The first kappa shape index (κ1) is 23.7. The molecule has 2 saturated heterocycles. The Morgan fingerprint density at radius 3 is 2.55 bits per heavy atom. The highest BCUT2D eigenvalue weighted by Gasteiger charge is 2.46. The molecule has 2 heterocycles. The molecule has 6 nitrogen and oxygen atoms in total. The first-order chi connectivity index (χ1) is 15.9. The average Bonchev–Trinajstić information content (AvgIpc) is 3.38. The fourth-order valence-electron chi connectivity index (χ4n) is 4.54. The van der Waals surface area contributed by atoms with Gasteiger partial charge < -0.3 is 10.2 Å². The van der Waals surface area contributed by atoms with Gasteiger partial charge in [-0.25, -0.2) is 0 Å². The van der Waals surface area contributed by atoms with E-state index in [9.17, 15) is 14.4 Å². The second kappa shape index (κ2) is 10.7. The normalized spacial score (nSPS) is 21.1. The Bertz CT molecular complexity index is 1030. The number of halogens is 2. The molecule has 2 aromatic rings. The quantitative estimate of drug-likeness (QED) is 0.352. The van der Waals surface area contributed by atoms with Crippen LogP contribution in [0, 0.1) is 5.92 Å². The van der Waals surface area contributed by atoms with Crippen molar-refractivity contribution in [2.24, 2.45) is 5.92 Å². The molecule has 0 aliphatic carbocycles. The maximum Gasteiger partial charge on any atom is 0.291 e. The van der Waals surface area contributed by atoms with Gasteiger partial charge in [-0.2, -0.15) is 0 Å². The van der Waals surface area contributed by atoms with Crippen LogP contribution in [0.1, 0.15) is 24.0 Å². The van der Waals surface area contributed by atoms with Gasteiger partial charge in [0, 0.05) is 38.8 Å². The molecule has 2 aliphatic heterocycles. The molecule has 0 saturated carbocycles. The standard InChI is InChI=1S/C25H27Cl2N3O3/c26-21-9-8-17(13-22(21)27)7-4-11-28-24(32)20-16-30(25(33)23(20)31)19-10-12-29(15-19)14-18-5-2-1-3-6-18/h1-3,5-6,8-9,13,19-20H,4,7,10-12,14-16H2,(H,28,32)/t19-,20?/m0/s1. The molecule has 1 unspecified atom stereocenters. The molecular weight excluding hydrogens is 461 g/mol. The highest BCUT2D eigenvalue weighted by molar-refractivity contribution is 6.42. The number of carbonyl (C=O) groups excluding carboxylic acids is 3. The Hall–Kier alpha value is -2.41. The minimum atomic E-state index is -0.925. The van der Waals surface area contributed by atoms with Crippen molar-refractivity contribution in [3.63, 3.8) is 0 Å². The van der Waals surface area contributed by atoms with Crippen LogP contribution in [0.15, 0.2) is 48.5 Å². The molecule has 2 atom stereocenters. The molecule has 174 valence electrons. The van der Waals surface area contributed by atoms with Gasteiger partial charge in [-0.15, -0.1) is 0 Å². The zero-order chi connectivity index (χ0) is 23.4. The number of rotatable bonds is 8. The van der Waals surface area contributed by atoms with E-state index in [4.69, 9.17) is 23.2 Å². The topological polar surface area (TPSA) is 69.7 Å². The Kier molecular flexibility index (Phi) is 7.68. The van der Waals surface area contributed by atoms with Crippen LogP contribution < -0.4 is 5.32 Å². The lowest BCUT2D eigenvalue weighted by Gasteiger charge is -2.24. The van der Waals surface area contributed by atoms with E-state index >= 15 is 0 Å². The van der Waals surface area contributed by atoms with Crippen molar-refractivity contribution in [1.82, 2.24) is 15.1 Å². The summed E-state index contributed by atoms with van der Waals surface area (Å²) in [5.74, 6) is -2.43. The fourth-order valence-corrected chi connectivity index (χ4v) is 4.86. The number of Topliss-reactive ketones (excluding diaryl/α,β-unsaturated/α-hetero) is 1. The van der Waals surface area contributed by atoms with E-state index in [1.54, 1.807) is 11.0 Å². The highest BCUT2D eigenvalue weighted by Crippen LogP contribution is 2.25. The minimum absolute atomic E-state index is 0.0300. The van der Waals surface area contributed by atoms with E-state index in [-0.39, 0.29) is 18.5 Å². The van der Waals surface area contributed by atoms with Gasteiger partial charge in [-0.3, -0.25) is 19.3 Å². The molecule has 0 bridgehead atoms. The molecule has 0 aromatic heterocycles. The Morgan fingerprint density at radius 1 is 1.00 bits per heavy atom. The molecule has 2 aliphatic rings. The van der Waals surface area contributed by atoms with Gasteiger partial charge >= 0.3 is 0 Å². The van der Waals surface area contributed by atoms with Gasteiger partial charge in [0.15, 0.2) is 0 Å². The summed E-state index contributed by atoms with van der Waals surface area (Å²) < 4.78 is 0. The number of ketones is 1. The molecule has 4 rings (SSSR count). The van der Waals surface area contributed by atoms with E-state index in [2.05, 4.69) is 22.3 Å². The lowest BCUT2D eigenvalue weighted by Crippen LogP contribution is -2.40. The van der Waals surface area contributed by atoms with Gasteiger partial charge in [-0.05, 0) is 42.5 Å². The molecule has 2 amide bonds. The van der Waals surface area contributed by atoms with Crippen LogP contribution in [0.2, 0.25) is 10.0 Å². The van der Waals surface area contributed by atoms with Gasteiger partial charge in [0.2, 0.25) is 11.7 Å². The first-order valence-corrected chi connectivity index (χ1v) is 12.0. The summed E-state index contributed by atoms with van der Waals surface area (Å²) >= 11 is 12.0. The molecule has 2 fully saturated rings. The van der Waals surface area contributed by atoms with E-state index in [1.165, 1.54) is 5.56 Å². The van der Waals surface area contributed by atoms with Crippen LogP contribution in [0.5, 0.6) is 0 Å². The number of carbonyl (C=O) groups is 3. The zero-order valence-corrected chi connectivity index (χ0v) is 19.8. The Balaban J connectivity index is 1.24. The predicted molar refractivity (Wildman–Crippen MR) is 128 cm³/mol. The smallest absolute Gasteiger partial charge is 0.291 e. The van der Waals surface area contributed by atoms with E-state index in [1.807, 2.05) is 30.3 Å². The van der Waals surface area contributed by atoms with Crippen LogP contribution in [-0.2, 0) is 27.3 Å². The number of hydrogen-bond donors (Lipinski definition) is 1. The van der Waals surface area contributed by atoms with Crippen LogP contribution in [0.4, 0.5) is 0 Å². The number of hydrogen-bond acceptors (Lipinski definition) is 4. The second-order valence-electron chi connectivity index (χ2n) is 8.68. The SMILES string of the molecule is O=C(NCCCc1ccc(Cl)c(Cl)c1)C1CN([C@H]2CCN(Cc3ccccc3)C2)C(=O)C1=O. The number of nitrogens with one attached hydrogen (secondary N) is 1. The third kappa shape index (κ3) is 5.75. The van der Waals surface area contributed by atoms with Gasteiger partial charge in [-0.1, -0.05) is 59.6 Å². The average molecular weight is 488 g/mol. The lowest BCUT2D eigenvalue weighted by molar-refractivity contribution is -0.143. The lowest BCUT2D eigenvalue weighted by atomic mass is 10.1. The molecule has 0 spiro atoms. The van der Waals surface area contributed by atoms with Crippen molar-refractivity contribution in [3.8, 4) is 0 Å². The summed E-state index contributed by atoms with van der Waals surface area (Å²) in [6, 6.07) is 15.6. The summed E-state index contributed by atoms with van der Waals surface area (Å²) in [5, 5.41) is 3.83. The van der Waals surface area contributed by atoms with E-state index in [0.29, 0.717) is 29.6 Å². The molecule has 0 radical (unpaired) electrons. The first-order valence-electron chi connectivity index (χ1n) is 11.2. The number of amides is 2. The van der Waals surface area contributed by atoms with Crippen molar-refractivity contribution in [3.05, 3.63) is 69.7 Å². The molecule has 33 heavy (non-hydrogen) atoms. The maximum atomic E-state index is 12.6. The zero-order valence-electron chi connectivity index (χ0n) is 18.3. The fraction of sp³-hybridized carbons (Fsp3) is 0.400. The summed E-state index contributed by atoms with van der Waals surface area (Å²) in [4.78, 5) is 41.6. The number of aryl methyl sites for hydroxylation is 1. The van der Waals surface area contributed by atoms with E-state index in [0.717, 1.165) is 31.5 Å². The summed E-state index contributed by atoms with van der Waals surface area (Å²) in [5.41, 5.74) is 2.25. The number of benzene rings is 2. The van der Waals surface area contributed by atoms with Gasteiger partial charge in [0.1, 0.15) is 5.92 Å². The largest absolute Gasteiger partial charge is 0.355 e. The van der Waals surface area contributed by atoms with Crippen molar-refractivity contribution in [1.29, 1.82) is 0 Å². The maximum absolute atomic E-state index is 12.6. The van der Waals surface area contributed by atoms with Crippen molar-refractivity contribution in [2.75, 3.05) is 26.2 Å². The van der Waals surface area contributed by atoms with Crippen molar-refractivity contribution < 1.29 is 14.4 Å². The van der Waals surface area contributed by atoms with E-state index < -0.39 is 17.6 Å². The summed E-state index contributed by atoms with van der Waals surface area (Å²) in [6.07, 6.45) is 2.23. The van der Waals surface area contributed by atoms with Crippen molar-refractivity contribution >= 4 is 40.8 Å². The van der Waals surface area contributed by atoms with Crippen LogP contribution in [-0.4, -0.2) is 59.6 Å². The van der Waals surface area contributed by atoms with Crippen molar-refractivity contribution in [2.45, 2.75) is 31.8 Å². The highest BCUT2D eigenvalue weighted by atomic mass is 35.5. The van der Waals surface area contributed by atoms with Crippen LogP contribution in [0.25, 0.3) is 0 Å². The monoisotopic (exact) mass is 487 g/mol. The third-order valence-electron chi connectivity index (χ3n) is 6.35. The Morgan fingerprint density at radius 2 is 1.79 bits per heavy atom. The summed E-state index contributed by atoms with van der Waals surface area (Å²) in [6.45, 7) is 2.98.